The first-order valence-electron chi connectivity index (χ1n) is 10.9. The Hall–Kier alpha value is -2.29. The molecule has 0 unspecified atom stereocenters. The number of sulfonamides is 1. The zero-order valence-corrected chi connectivity index (χ0v) is 22.3. The van der Waals surface area contributed by atoms with Crippen LogP contribution in [-0.2, 0) is 26.2 Å². The molecule has 2 amide bonds. The number of carbonyl (C=O) groups is 2. The van der Waals surface area contributed by atoms with Crippen LogP contribution < -0.4 is 9.62 Å². The van der Waals surface area contributed by atoms with E-state index >= 15 is 0 Å². The second-order valence-corrected chi connectivity index (χ2v) is 11.1. The van der Waals surface area contributed by atoms with Gasteiger partial charge in [0.2, 0.25) is 21.8 Å². The van der Waals surface area contributed by atoms with Gasteiger partial charge in [-0.05, 0) is 68.7 Å². The lowest BCUT2D eigenvalue weighted by molar-refractivity contribution is -0.139. The highest BCUT2D eigenvalue weighted by molar-refractivity contribution is 7.92. The monoisotopic (exact) mass is 527 g/mol. The Bertz CT molecular complexity index is 1120. The van der Waals surface area contributed by atoms with E-state index in [4.69, 9.17) is 23.2 Å². The van der Waals surface area contributed by atoms with Gasteiger partial charge in [0.15, 0.2) is 0 Å². The van der Waals surface area contributed by atoms with Crippen molar-refractivity contribution in [3.8, 4) is 0 Å². The molecular formula is C24H31Cl2N3O4S. The van der Waals surface area contributed by atoms with E-state index in [0.29, 0.717) is 21.3 Å². The highest BCUT2D eigenvalue weighted by Crippen LogP contribution is 2.26. The first kappa shape index (κ1) is 28.0. The van der Waals surface area contributed by atoms with Gasteiger partial charge in [-0.25, -0.2) is 8.42 Å². The fourth-order valence-electron chi connectivity index (χ4n) is 3.33. The molecule has 2 aromatic carbocycles. The van der Waals surface area contributed by atoms with Crippen molar-refractivity contribution in [1.29, 1.82) is 0 Å². The Balaban J connectivity index is 2.41. The maximum atomic E-state index is 13.5. The molecule has 0 spiro atoms. The van der Waals surface area contributed by atoms with Crippen molar-refractivity contribution in [3.05, 3.63) is 63.6 Å². The Labute approximate surface area is 212 Å². The molecular weight excluding hydrogens is 497 g/mol. The number of amides is 2. The summed E-state index contributed by atoms with van der Waals surface area (Å²) in [6.45, 7) is 6.83. The summed E-state index contributed by atoms with van der Waals surface area (Å²) in [5, 5.41) is 3.90. The maximum Gasteiger partial charge on any atom is 0.244 e. The van der Waals surface area contributed by atoms with Crippen LogP contribution in [0.1, 0.15) is 38.3 Å². The molecule has 0 heterocycles. The Morgan fingerprint density at radius 2 is 1.62 bits per heavy atom. The maximum absolute atomic E-state index is 13.5. The van der Waals surface area contributed by atoms with Crippen LogP contribution >= 0.6 is 23.2 Å². The van der Waals surface area contributed by atoms with Gasteiger partial charge in [-0.3, -0.25) is 13.9 Å². The quantitative estimate of drug-likeness (QED) is 0.495. The van der Waals surface area contributed by atoms with Crippen LogP contribution in [0.5, 0.6) is 0 Å². The summed E-state index contributed by atoms with van der Waals surface area (Å²) in [5.41, 5.74) is 1.72. The molecule has 0 saturated carbocycles. The minimum atomic E-state index is -3.80. The van der Waals surface area contributed by atoms with Gasteiger partial charge in [0, 0.05) is 22.6 Å². The molecule has 186 valence electrons. The van der Waals surface area contributed by atoms with E-state index in [2.05, 4.69) is 5.32 Å². The Morgan fingerprint density at radius 1 is 1.03 bits per heavy atom. The summed E-state index contributed by atoms with van der Waals surface area (Å²) in [7, 11) is -3.80. The molecule has 0 saturated heterocycles. The standard InChI is InChI=1S/C24H31Cl2N3O4S/c1-6-17(3)27-24(31)18(4)28(14-19-7-9-20(25)10-8-19)23(30)15-29(34(5,32)33)22-12-11-21(26)13-16(22)2/h7-13,17-18H,6,14-15H2,1-5H3,(H,27,31)/t17-,18+/m0/s1. The van der Waals surface area contributed by atoms with Gasteiger partial charge in [0.1, 0.15) is 12.6 Å². The van der Waals surface area contributed by atoms with Crippen LogP contribution in [0, 0.1) is 6.92 Å². The third-order valence-corrected chi connectivity index (χ3v) is 7.15. The van der Waals surface area contributed by atoms with Crippen molar-refractivity contribution in [3.63, 3.8) is 0 Å². The summed E-state index contributed by atoms with van der Waals surface area (Å²) in [6.07, 6.45) is 1.78. The second-order valence-electron chi connectivity index (χ2n) is 8.34. The van der Waals surface area contributed by atoms with Gasteiger partial charge >= 0.3 is 0 Å². The molecule has 1 N–H and O–H groups in total. The summed E-state index contributed by atoms with van der Waals surface area (Å²) < 4.78 is 26.3. The Morgan fingerprint density at radius 3 is 2.15 bits per heavy atom. The highest BCUT2D eigenvalue weighted by Gasteiger charge is 2.31. The van der Waals surface area contributed by atoms with Crippen molar-refractivity contribution in [2.75, 3.05) is 17.1 Å². The van der Waals surface area contributed by atoms with Gasteiger partial charge in [0.05, 0.1) is 11.9 Å². The number of nitrogens with zero attached hydrogens (tertiary/aromatic N) is 2. The van der Waals surface area contributed by atoms with Crippen LogP contribution in [0.2, 0.25) is 10.0 Å². The predicted molar refractivity (Wildman–Crippen MR) is 138 cm³/mol. The van der Waals surface area contributed by atoms with E-state index in [0.717, 1.165) is 22.5 Å². The molecule has 34 heavy (non-hydrogen) atoms. The van der Waals surface area contributed by atoms with Crippen molar-refractivity contribution in [1.82, 2.24) is 10.2 Å². The van der Waals surface area contributed by atoms with Crippen molar-refractivity contribution >= 4 is 50.7 Å². The summed E-state index contributed by atoms with van der Waals surface area (Å²) in [6, 6.07) is 10.8. The zero-order valence-electron chi connectivity index (χ0n) is 20.0. The minimum absolute atomic E-state index is 0.0633. The molecule has 0 aromatic heterocycles. The molecule has 10 heteroatoms. The van der Waals surface area contributed by atoms with Crippen LogP contribution in [0.25, 0.3) is 0 Å². The number of nitrogens with one attached hydrogen (secondary N) is 1. The normalized spacial score (nSPS) is 13.1. The zero-order chi connectivity index (χ0) is 25.6. The molecule has 0 fully saturated rings. The molecule has 7 nitrogen and oxygen atoms in total. The molecule has 0 bridgehead atoms. The summed E-state index contributed by atoms with van der Waals surface area (Å²) in [5.74, 6) is -0.827. The van der Waals surface area contributed by atoms with E-state index < -0.39 is 28.5 Å². The smallest absolute Gasteiger partial charge is 0.244 e. The number of halogens is 2. The van der Waals surface area contributed by atoms with E-state index in [1.807, 2.05) is 13.8 Å². The van der Waals surface area contributed by atoms with Gasteiger partial charge < -0.3 is 10.2 Å². The lowest BCUT2D eigenvalue weighted by atomic mass is 10.1. The number of carbonyl (C=O) groups excluding carboxylic acids is 2. The average Bonchev–Trinajstić information content (AvgIpc) is 2.76. The number of anilines is 1. The number of aryl methyl sites for hydroxylation is 1. The molecule has 2 aromatic rings. The van der Waals surface area contributed by atoms with E-state index in [1.165, 1.54) is 4.90 Å². The molecule has 2 rings (SSSR count). The first-order chi connectivity index (χ1) is 15.8. The summed E-state index contributed by atoms with van der Waals surface area (Å²) in [4.78, 5) is 27.8. The van der Waals surface area contributed by atoms with E-state index in [-0.39, 0.29) is 18.5 Å². The second kappa shape index (κ2) is 11.9. The number of hydrogen-bond donors (Lipinski definition) is 1. The van der Waals surface area contributed by atoms with Crippen LogP contribution in [0.3, 0.4) is 0 Å². The molecule has 2 atom stereocenters. The molecule has 0 aliphatic carbocycles. The first-order valence-corrected chi connectivity index (χ1v) is 13.5. The van der Waals surface area contributed by atoms with Crippen LogP contribution in [0.15, 0.2) is 42.5 Å². The fraction of sp³-hybridized carbons (Fsp3) is 0.417. The number of benzene rings is 2. The van der Waals surface area contributed by atoms with Gasteiger partial charge in [0.25, 0.3) is 0 Å². The predicted octanol–water partition coefficient (Wildman–Crippen LogP) is 4.40. The molecule has 0 radical (unpaired) electrons. The van der Waals surface area contributed by atoms with E-state index in [9.17, 15) is 18.0 Å². The lowest BCUT2D eigenvalue weighted by Gasteiger charge is -2.32. The van der Waals surface area contributed by atoms with Gasteiger partial charge in [-0.15, -0.1) is 0 Å². The highest BCUT2D eigenvalue weighted by atomic mass is 35.5. The van der Waals surface area contributed by atoms with Gasteiger partial charge in [-0.1, -0.05) is 42.3 Å². The largest absolute Gasteiger partial charge is 0.352 e. The van der Waals surface area contributed by atoms with Crippen LogP contribution in [-0.4, -0.2) is 50.0 Å². The van der Waals surface area contributed by atoms with Crippen molar-refractivity contribution < 1.29 is 18.0 Å². The van der Waals surface area contributed by atoms with Crippen molar-refractivity contribution in [2.45, 2.75) is 52.7 Å². The summed E-state index contributed by atoms with van der Waals surface area (Å²) >= 11 is 12.0. The minimum Gasteiger partial charge on any atom is -0.352 e. The Kier molecular flexibility index (Phi) is 9.79. The third kappa shape index (κ3) is 7.61. The topological polar surface area (TPSA) is 86.8 Å². The van der Waals surface area contributed by atoms with E-state index in [1.54, 1.807) is 56.3 Å². The van der Waals surface area contributed by atoms with Crippen LogP contribution in [0.4, 0.5) is 5.69 Å². The number of hydrogen-bond acceptors (Lipinski definition) is 4. The third-order valence-electron chi connectivity index (χ3n) is 5.54. The SMILES string of the molecule is CC[C@H](C)NC(=O)[C@@H](C)N(Cc1ccc(Cl)cc1)C(=O)CN(c1ccc(Cl)cc1C)S(C)(=O)=O. The lowest BCUT2D eigenvalue weighted by Crippen LogP contribution is -2.52. The fourth-order valence-corrected chi connectivity index (χ4v) is 4.59. The molecule has 0 aliphatic heterocycles. The van der Waals surface area contributed by atoms with Crippen molar-refractivity contribution in [2.24, 2.45) is 0 Å². The molecule has 0 aliphatic rings. The average molecular weight is 529 g/mol. The number of rotatable bonds is 10. The van der Waals surface area contributed by atoms with Gasteiger partial charge in [-0.2, -0.15) is 0 Å².